The number of benzene rings is 4. The van der Waals surface area contributed by atoms with E-state index in [9.17, 15) is 28.1 Å². The van der Waals surface area contributed by atoms with Crippen molar-refractivity contribution in [3.8, 4) is 5.75 Å². The van der Waals surface area contributed by atoms with Gasteiger partial charge in [0.15, 0.2) is 0 Å². The molecule has 50 heavy (non-hydrogen) atoms. The van der Waals surface area contributed by atoms with E-state index >= 15 is 4.39 Å². The van der Waals surface area contributed by atoms with Crippen LogP contribution in [-0.4, -0.2) is 55.8 Å². The van der Waals surface area contributed by atoms with E-state index in [-0.39, 0.29) is 35.8 Å². The van der Waals surface area contributed by atoms with Crippen molar-refractivity contribution in [3.05, 3.63) is 130 Å². The van der Waals surface area contributed by atoms with Gasteiger partial charge < -0.3 is 15.0 Å². The molecule has 1 N–H and O–H groups in total. The van der Waals surface area contributed by atoms with Gasteiger partial charge in [0.25, 0.3) is 15.7 Å². The van der Waals surface area contributed by atoms with Gasteiger partial charge in [0.05, 0.1) is 22.6 Å². The van der Waals surface area contributed by atoms with Crippen LogP contribution in [0.4, 0.5) is 15.8 Å². The number of hydrogen-bond donors (Lipinski definition) is 1. The molecule has 0 aromatic heterocycles. The fourth-order valence-corrected chi connectivity index (χ4v) is 7.52. The van der Waals surface area contributed by atoms with Gasteiger partial charge in [-0.3, -0.25) is 24.0 Å². The number of anilines is 1. The van der Waals surface area contributed by atoms with Crippen LogP contribution in [0.25, 0.3) is 0 Å². The molecule has 13 heteroatoms. The van der Waals surface area contributed by atoms with Crippen molar-refractivity contribution >= 4 is 33.2 Å². The predicted molar refractivity (Wildman–Crippen MR) is 187 cm³/mol. The van der Waals surface area contributed by atoms with E-state index < -0.39 is 55.7 Å². The zero-order valence-corrected chi connectivity index (χ0v) is 28.6. The number of rotatable bonds is 14. The van der Waals surface area contributed by atoms with Crippen LogP contribution in [0.3, 0.4) is 0 Å². The number of amides is 2. The van der Waals surface area contributed by atoms with Crippen molar-refractivity contribution < 1.29 is 32.1 Å². The highest BCUT2D eigenvalue weighted by molar-refractivity contribution is 7.92. The van der Waals surface area contributed by atoms with Crippen LogP contribution in [0.2, 0.25) is 0 Å². The van der Waals surface area contributed by atoms with Crippen LogP contribution in [0.15, 0.2) is 102 Å². The Morgan fingerprint density at radius 3 is 2.28 bits per heavy atom. The van der Waals surface area contributed by atoms with E-state index in [2.05, 4.69) is 5.32 Å². The lowest BCUT2D eigenvalue weighted by Gasteiger charge is -2.34. The Balaban J connectivity index is 1.60. The number of aryl methyl sites for hydroxylation is 1. The number of hydrogen-bond acceptors (Lipinski definition) is 7. The van der Waals surface area contributed by atoms with Gasteiger partial charge in [-0.2, -0.15) is 0 Å². The summed E-state index contributed by atoms with van der Waals surface area (Å²) in [5.74, 6) is -1.38. The standard InChI is InChI=1S/C37H39FN4O7S/c1-26-16-21-32(23-34(26)42(45)46)50(47,48)41(30-17-19-31(49-2)20-18-30)25-36(43)40(24-28-12-6-9-15-33(28)38)35(22-27-10-4-3-5-11-27)37(44)39-29-13-7-8-14-29/h3-6,9-12,15-21,23,29,35H,7-8,13-14,22,24-25H2,1-2H3,(H,39,44). The molecule has 0 aliphatic heterocycles. The first-order valence-electron chi connectivity index (χ1n) is 16.3. The number of nitrogens with zero attached hydrogens (tertiary/aromatic N) is 3. The van der Waals surface area contributed by atoms with E-state index in [4.69, 9.17) is 4.74 Å². The van der Waals surface area contributed by atoms with Crippen LogP contribution in [0, 0.1) is 22.9 Å². The summed E-state index contributed by atoms with van der Waals surface area (Å²) in [6.45, 7) is 0.365. The maximum atomic E-state index is 15.2. The van der Waals surface area contributed by atoms with E-state index in [1.165, 1.54) is 73.5 Å². The normalized spacial score (nSPS) is 13.7. The third-order valence-corrected chi connectivity index (χ3v) is 10.6. The monoisotopic (exact) mass is 702 g/mol. The third kappa shape index (κ3) is 8.46. The molecule has 0 spiro atoms. The molecule has 4 aromatic carbocycles. The fourth-order valence-electron chi connectivity index (χ4n) is 6.08. The fraction of sp³-hybridized carbons (Fsp3) is 0.297. The first kappa shape index (κ1) is 36.0. The van der Waals surface area contributed by atoms with Crippen LogP contribution in [0.5, 0.6) is 5.75 Å². The average Bonchev–Trinajstić information content (AvgIpc) is 3.62. The third-order valence-electron chi connectivity index (χ3n) is 8.88. The zero-order chi connectivity index (χ0) is 35.8. The van der Waals surface area contributed by atoms with Gasteiger partial charge in [0.2, 0.25) is 11.8 Å². The number of nitro groups is 1. The molecule has 1 fully saturated rings. The first-order valence-corrected chi connectivity index (χ1v) is 17.7. The average molecular weight is 703 g/mol. The summed E-state index contributed by atoms with van der Waals surface area (Å²) in [5.41, 5.74) is 0.815. The molecular weight excluding hydrogens is 663 g/mol. The summed E-state index contributed by atoms with van der Waals surface area (Å²) in [7, 11) is -3.17. The molecule has 1 aliphatic rings. The number of carbonyl (C=O) groups excluding carboxylic acids is 2. The molecule has 0 heterocycles. The quantitative estimate of drug-likeness (QED) is 0.127. The van der Waals surface area contributed by atoms with Crippen molar-refractivity contribution in [2.45, 2.75) is 62.6 Å². The number of halogens is 1. The second-order valence-corrected chi connectivity index (χ2v) is 14.1. The number of nitro benzene ring substituents is 1. The number of carbonyl (C=O) groups is 2. The van der Waals surface area contributed by atoms with E-state index in [0.717, 1.165) is 41.6 Å². The number of ether oxygens (including phenoxy) is 1. The van der Waals surface area contributed by atoms with Crippen molar-refractivity contribution in [3.63, 3.8) is 0 Å². The second-order valence-electron chi connectivity index (χ2n) is 12.2. The largest absolute Gasteiger partial charge is 0.497 e. The highest BCUT2D eigenvalue weighted by Crippen LogP contribution is 2.30. The first-order chi connectivity index (χ1) is 24.0. The van der Waals surface area contributed by atoms with Crippen molar-refractivity contribution in [1.29, 1.82) is 0 Å². The van der Waals surface area contributed by atoms with Crippen molar-refractivity contribution in [2.24, 2.45) is 0 Å². The van der Waals surface area contributed by atoms with Crippen LogP contribution in [-0.2, 0) is 32.6 Å². The molecule has 0 saturated heterocycles. The predicted octanol–water partition coefficient (Wildman–Crippen LogP) is 5.95. The van der Waals surface area contributed by atoms with Gasteiger partial charge in [-0.1, -0.05) is 67.4 Å². The summed E-state index contributed by atoms with van der Waals surface area (Å²) >= 11 is 0. The number of nitrogens with one attached hydrogen (secondary N) is 1. The summed E-state index contributed by atoms with van der Waals surface area (Å²) in [6.07, 6.45) is 3.57. The molecular formula is C37H39FN4O7S. The van der Waals surface area contributed by atoms with Crippen LogP contribution < -0.4 is 14.4 Å². The van der Waals surface area contributed by atoms with Crippen molar-refractivity contribution in [1.82, 2.24) is 10.2 Å². The van der Waals surface area contributed by atoms with Crippen LogP contribution >= 0.6 is 0 Å². The van der Waals surface area contributed by atoms with E-state index in [1.807, 2.05) is 30.3 Å². The smallest absolute Gasteiger partial charge is 0.273 e. The Labute approximate surface area is 290 Å². The summed E-state index contributed by atoms with van der Waals surface area (Å²) in [4.78, 5) is 40.6. The molecule has 0 bridgehead atoms. The van der Waals surface area contributed by atoms with E-state index in [1.54, 1.807) is 6.07 Å². The Kier molecular flexibility index (Phi) is 11.5. The minimum absolute atomic E-state index is 0.0724. The summed E-state index contributed by atoms with van der Waals surface area (Å²) < 4.78 is 49.9. The Morgan fingerprint density at radius 1 is 0.980 bits per heavy atom. The van der Waals surface area contributed by atoms with Crippen molar-refractivity contribution in [2.75, 3.05) is 18.0 Å². The van der Waals surface area contributed by atoms with Gasteiger partial charge in [-0.15, -0.1) is 0 Å². The molecule has 1 unspecified atom stereocenters. The molecule has 1 atom stereocenters. The highest BCUT2D eigenvalue weighted by atomic mass is 32.2. The Hall–Kier alpha value is -5.30. The minimum atomic E-state index is -4.61. The van der Waals surface area contributed by atoms with Crippen LogP contribution in [0.1, 0.15) is 42.4 Å². The molecule has 2 amide bonds. The molecule has 0 radical (unpaired) electrons. The van der Waals surface area contributed by atoms with E-state index in [0.29, 0.717) is 5.75 Å². The van der Waals surface area contributed by atoms with Gasteiger partial charge in [0, 0.05) is 36.2 Å². The molecule has 1 aliphatic carbocycles. The van der Waals surface area contributed by atoms with Gasteiger partial charge in [-0.05, 0) is 61.7 Å². The number of sulfonamides is 1. The molecule has 1 saturated carbocycles. The highest BCUT2D eigenvalue weighted by Gasteiger charge is 2.36. The molecule has 262 valence electrons. The topological polar surface area (TPSA) is 139 Å². The maximum Gasteiger partial charge on any atom is 0.273 e. The lowest BCUT2D eigenvalue weighted by molar-refractivity contribution is -0.385. The maximum absolute atomic E-state index is 15.2. The summed E-state index contributed by atoms with van der Waals surface area (Å²) in [6, 6.07) is 23.2. The van der Waals surface area contributed by atoms with Gasteiger partial charge in [-0.25, -0.2) is 12.8 Å². The van der Waals surface area contributed by atoms with Gasteiger partial charge in [0.1, 0.15) is 24.2 Å². The number of methoxy groups -OCH3 is 1. The Bertz CT molecular complexity index is 1940. The minimum Gasteiger partial charge on any atom is -0.497 e. The second kappa shape index (κ2) is 15.9. The molecule has 4 aromatic rings. The Morgan fingerprint density at radius 2 is 1.64 bits per heavy atom. The SMILES string of the molecule is COc1ccc(N(CC(=O)N(Cc2ccccc2F)C(Cc2ccccc2)C(=O)NC2CCCC2)S(=O)(=O)c2ccc(C)c([N+](=O)[O-])c2)cc1. The molecule has 11 nitrogen and oxygen atoms in total. The lowest BCUT2D eigenvalue weighted by Crippen LogP contribution is -2.54. The molecule has 5 rings (SSSR count). The van der Waals surface area contributed by atoms with Gasteiger partial charge >= 0.3 is 0 Å². The lowest BCUT2D eigenvalue weighted by atomic mass is 10.0. The zero-order valence-electron chi connectivity index (χ0n) is 27.8. The summed E-state index contributed by atoms with van der Waals surface area (Å²) in [5, 5.41) is 14.8.